The molecule has 0 heterocycles. The number of hydrogen-bond acceptors (Lipinski definition) is 3. The van der Waals surface area contributed by atoms with Gasteiger partial charge in [-0.1, -0.05) is 30.7 Å². The molecule has 1 aromatic carbocycles. The molecule has 100 valence electrons. The van der Waals surface area contributed by atoms with Crippen molar-refractivity contribution < 1.29 is 5.11 Å². The number of benzene rings is 1. The monoisotopic (exact) mass is 268 g/mol. The van der Waals surface area contributed by atoms with E-state index in [-0.39, 0.29) is 5.75 Å². The maximum atomic E-state index is 9.77. The van der Waals surface area contributed by atoms with Gasteiger partial charge in [-0.3, -0.25) is 4.90 Å². The van der Waals surface area contributed by atoms with Gasteiger partial charge in [-0.25, -0.2) is 0 Å². The maximum absolute atomic E-state index is 9.77. The van der Waals surface area contributed by atoms with Gasteiger partial charge >= 0.3 is 0 Å². The van der Waals surface area contributed by atoms with Crippen molar-refractivity contribution >= 4 is 11.6 Å². The zero-order valence-corrected chi connectivity index (χ0v) is 11.6. The molecule has 0 atom stereocenters. The summed E-state index contributed by atoms with van der Waals surface area (Å²) in [5.41, 5.74) is 0.858. The van der Waals surface area contributed by atoms with E-state index in [9.17, 15) is 5.11 Å². The summed E-state index contributed by atoms with van der Waals surface area (Å²) < 4.78 is 0. The molecule has 0 radical (unpaired) electrons. The average molecular weight is 269 g/mol. The van der Waals surface area contributed by atoms with Crippen LogP contribution >= 0.6 is 11.6 Å². The second kappa shape index (κ2) is 6.41. The van der Waals surface area contributed by atoms with E-state index in [4.69, 9.17) is 11.6 Å². The SMILES string of the molecule is CCN(CCNCc1cccc(Cl)c1O)C1CC1. The first-order valence-corrected chi connectivity index (χ1v) is 7.01. The van der Waals surface area contributed by atoms with Gasteiger partial charge in [0.25, 0.3) is 0 Å². The van der Waals surface area contributed by atoms with Gasteiger partial charge in [0.15, 0.2) is 0 Å². The minimum absolute atomic E-state index is 0.196. The van der Waals surface area contributed by atoms with Crippen molar-refractivity contribution in [1.82, 2.24) is 10.2 Å². The highest BCUT2D eigenvalue weighted by Gasteiger charge is 2.26. The smallest absolute Gasteiger partial charge is 0.138 e. The van der Waals surface area contributed by atoms with Crippen LogP contribution in [0.15, 0.2) is 18.2 Å². The van der Waals surface area contributed by atoms with Gasteiger partial charge in [-0.2, -0.15) is 0 Å². The number of nitrogens with one attached hydrogen (secondary N) is 1. The normalized spacial score (nSPS) is 15.3. The molecule has 2 N–H and O–H groups in total. The van der Waals surface area contributed by atoms with Gasteiger partial charge in [-0.05, 0) is 25.5 Å². The minimum Gasteiger partial charge on any atom is -0.506 e. The lowest BCUT2D eigenvalue weighted by Crippen LogP contribution is -2.33. The number of phenolic OH excluding ortho intramolecular Hbond substituents is 1. The van der Waals surface area contributed by atoms with Crippen LogP contribution in [0.25, 0.3) is 0 Å². The lowest BCUT2D eigenvalue weighted by molar-refractivity contribution is 0.276. The Morgan fingerprint density at radius 2 is 2.22 bits per heavy atom. The number of likely N-dealkylation sites (N-methyl/N-ethyl adjacent to an activating group) is 1. The third-order valence-corrected chi connectivity index (χ3v) is 3.74. The molecule has 0 bridgehead atoms. The summed E-state index contributed by atoms with van der Waals surface area (Å²) in [6.07, 6.45) is 2.70. The second-order valence-electron chi connectivity index (χ2n) is 4.78. The van der Waals surface area contributed by atoms with Crippen LogP contribution in [-0.4, -0.2) is 35.7 Å². The quantitative estimate of drug-likeness (QED) is 0.747. The van der Waals surface area contributed by atoms with E-state index in [1.54, 1.807) is 6.07 Å². The molecule has 18 heavy (non-hydrogen) atoms. The molecule has 1 saturated carbocycles. The molecule has 0 unspecified atom stereocenters. The molecule has 0 spiro atoms. The Hall–Kier alpha value is -0.770. The zero-order chi connectivity index (χ0) is 13.0. The van der Waals surface area contributed by atoms with Crippen LogP contribution in [0.3, 0.4) is 0 Å². The van der Waals surface area contributed by atoms with Crippen LogP contribution in [0.2, 0.25) is 5.02 Å². The third-order valence-electron chi connectivity index (χ3n) is 3.43. The van der Waals surface area contributed by atoms with E-state index < -0.39 is 0 Å². The number of rotatable bonds is 7. The van der Waals surface area contributed by atoms with Crippen molar-refractivity contribution in [2.24, 2.45) is 0 Å². The van der Waals surface area contributed by atoms with E-state index in [2.05, 4.69) is 17.1 Å². The van der Waals surface area contributed by atoms with Crippen LogP contribution in [0.1, 0.15) is 25.3 Å². The Morgan fingerprint density at radius 3 is 2.89 bits per heavy atom. The number of phenols is 1. The molecule has 0 aliphatic heterocycles. The lowest BCUT2D eigenvalue weighted by atomic mass is 10.2. The molecule has 1 aliphatic carbocycles. The zero-order valence-electron chi connectivity index (χ0n) is 10.8. The van der Waals surface area contributed by atoms with E-state index in [1.165, 1.54) is 12.8 Å². The average Bonchev–Trinajstić information content (AvgIpc) is 3.19. The van der Waals surface area contributed by atoms with Gasteiger partial charge in [0.2, 0.25) is 0 Å². The van der Waals surface area contributed by atoms with Gasteiger partial charge in [0.1, 0.15) is 5.75 Å². The summed E-state index contributed by atoms with van der Waals surface area (Å²) in [5.74, 6) is 0.196. The third kappa shape index (κ3) is 3.61. The first-order chi connectivity index (χ1) is 8.72. The van der Waals surface area contributed by atoms with Crippen molar-refractivity contribution in [3.8, 4) is 5.75 Å². The summed E-state index contributed by atoms with van der Waals surface area (Å²) >= 11 is 5.86. The summed E-state index contributed by atoms with van der Waals surface area (Å²) in [4.78, 5) is 2.50. The Labute approximate surface area is 114 Å². The van der Waals surface area contributed by atoms with Crippen LogP contribution in [0.4, 0.5) is 0 Å². The van der Waals surface area contributed by atoms with Crippen molar-refractivity contribution in [1.29, 1.82) is 0 Å². The number of nitrogens with zero attached hydrogens (tertiary/aromatic N) is 1. The van der Waals surface area contributed by atoms with Gasteiger partial charge in [0, 0.05) is 31.2 Å². The van der Waals surface area contributed by atoms with Crippen LogP contribution < -0.4 is 5.32 Å². The highest BCUT2D eigenvalue weighted by molar-refractivity contribution is 6.32. The Bertz CT molecular complexity index is 393. The van der Waals surface area contributed by atoms with Crippen molar-refractivity contribution in [2.75, 3.05) is 19.6 Å². The second-order valence-corrected chi connectivity index (χ2v) is 5.19. The van der Waals surface area contributed by atoms with Crippen LogP contribution in [-0.2, 0) is 6.54 Å². The lowest BCUT2D eigenvalue weighted by Gasteiger charge is -2.19. The summed E-state index contributed by atoms with van der Waals surface area (Å²) in [6.45, 7) is 6.00. The van der Waals surface area contributed by atoms with Gasteiger partial charge in [-0.15, -0.1) is 0 Å². The van der Waals surface area contributed by atoms with E-state index >= 15 is 0 Å². The molecule has 3 nitrogen and oxygen atoms in total. The standard InChI is InChI=1S/C14H21ClN2O/c1-2-17(12-6-7-12)9-8-16-10-11-4-3-5-13(15)14(11)18/h3-5,12,16,18H,2,6-10H2,1H3. The maximum Gasteiger partial charge on any atom is 0.138 e. The van der Waals surface area contributed by atoms with Crippen molar-refractivity contribution in [2.45, 2.75) is 32.4 Å². The predicted molar refractivity (Wildman–Crippen MR) is 75.1 cm³/mol. The van der Waals surface area contributed by atoms with E-state index in [0.29, 0.717) is 11.6 Å². The number of aromatic hydroxyl groups is 1. The predicted octanol–water partition coefficient (Wildman–Crippen LogP) is 2.62. The largest absolute Gasteiger partial charge is 0.506 e. The van der Waals surface area contributed by atoms with E-state index in [0.717, 1.165) is 31.2 Å². The molecule has 0 aromatic heterocycles. The molecule has 1 fully saturated rings. The summed E-state index contributed by atoms with van der Waals surface area (Å²) in [5, 5.41) is 13.5. The first-order valence-electron chi connectivity index (χ1n) is 6.63. The Morgan fingerprint density at radius 1 is 1.44 bits per heavy atom. The molecule has 4 heteroatoms. The van der Waals surface area contributed by atoms with Crippen LogP contribution in [0, 0.1) is 0 Å². The molecular formula is C14H21ClN2O. The Balaban J connectivity index is 1.73. The number of para-hydroxylation sites is 1. The molecule has 1 aromatic rings. The molecule has 2 rings (SSSR count). The van der Waals surface area contributed by atoms with Crippen molar-refractivity contribution in [3.63, 3.8) is 0 Å². The molecule has 1 aliphatic rings. The first kappa shape index (κ1) is 13.7. The summed E-state index contributed by atoms with van der Waals surface area (Å²) in [6, 6.07) is 6.28. The number of hydrogen-bond donors (Lipinski definition) is 2. The summed E-state index contributed by atoms with van der Waals surface area (Å²) in [7, 11) is 0. The topological polar surface area (TPSA) is 35.5 Å². The fraction of sp³-hybridized carbons (Fsp3) is 0.571. The molecule has 0 saturated heterocycles. The highest BCUT2D eigenvalue weighted by atomic mass is 35.5. The van der Waals surface area contributed by atoms with Crippen molar-refractivity contribution in [3.05, 3.63) is 28.8 Å². The van der Waals surface area contributed by atoms with E-state index in [1.807, 2.05) is 12.1 Å². The molecular weight excluding hydrogens is 248 g/mol. The van der Waals surface area contributed by atoms with Crippen LogP contribution in [0.5, 0.6) is 5.75 Å². The number of halogens is 1. The fourth-order valence-electron chi connectivity index (χ4n) is 2.19. The highest BCUT2D eigenvalue weighted by Crippen LogP contribution is 2.27. The Kier molecular flexibility index (Phi) is 4.87. The van der Waals surface area contributed by atoms with Gasteiger partial charge in [0.05, 0.1) is 5.02 Å². The molecule has 0 amide bonds. The van der Waals surface area contributed by atoms with Gasteiger partial charge < -0.3 is 10.4 Å². The minimum atomic E-state index is 0.196. The fourth-order valence-corrected chi connectivity index (χ4v) is 2.38.